The lowest BCUT2D eigenvalue weighted by Gasteiger charge is -2.26. The predicted octanol–water partition coefficient (Wildman–Crippen LogP) is 5.38. The van der Waals surface area contributed by atoms with Crippen molar-refractivity contribution in [2.45, 2.75) is 56.4 Å². The molecule has 3 heteroatoms. The number of nitrogens with one attached hydrogen (secondary N) is 1. The van der Waals surface area contributed by atoms with Crippen LogP contribution in [0.3, 0.4) is 0 Å². The SMILES string of the molecule is CCNC(CSc1cccc(Cl)c1)C1CCCCCC1. The van der Waals surface area contributed by atoms with Crippen LogP contribution in [0, 0.1) is 5.92 Å². The molecular weight excluding hydrogens is 286 g/mol. The number of hydrogen-bond acceptors (Lipinski definition) is 2. The Kier molecular flexibility index (Phi) is 7.26. The van der Waals surface area contributed by atoms with Gasteiger partial charge in [0.25, 0.3) is 0 Å². The Morgan fingerprint density at radius 2 is 2.00 bits per heavy atom. The molecular formula is C17H26ClNS. The van der Waals surface area contributed by atoms with Crippen molar-refractivity contribution in [3.05, 3.63) is 29.3 Å². The van der Waals surface area contributed by atoms with Gasteiger partial charge in [0.2, 0.25) is 0 Å². The molecule has 0 aliphatic heterocycles. The fourth-order valence-electron chi connectivity index (χ4n) is 3.08. The number of hydrogen-bond donors (Lipinski definition) is 1. The quantitative estimate of drug-likeness (QED) is 0.559. The molecule has 0 saturated heterocycles. The molecule has 0 radical (unpaired) electrons. The van der Waals surface area contributed by atoms with Gasteiger partial charge in [0.15, 0.2) is 0 Å². The van der Waals surface area contributed by atoms with E-state index in [1.807, 2.05) is 23.9 Å². The van der Waals surface area contributed by atoms with Crippen LogP contribution in [0.25, 0.3) is 0 Å². The Hall–Kier alpha value is -0.180. The second-order valence-electron chi connectivity index (χ2n) is 5.68. The van der Waals surface area contributed by atoms with Gasteiger partial charge in [0.05, 0.1) is 0 Å². The molecule has 0 spiro atoms. The molecule has 1 atom stereocenters. The van der Waals surface area contributed by atoms with Crippen LogP contribution >= 0.6 is 23.4 Å². The van der Waals surface area contributed by atoms with Crippen molar-refractivity contribution in [1.29, 1.82) is 0 Å². The van der Waals surface area contributed by atoms with E-state index in [0.717, 1.165) is 23.2 Å². The van der Waals surface area contributed by atoms with Gasteiger partial charge in [-0.3, -0.25) is 0 Å². The summed E-state index contributed by atoms with van der Waals surface area (Å²) in [6.07, 6.45) is 8.47. The second kappa shape index (κ2) is 8.96. The maximum absolute atomic E-state index is 6.06. The van der Waals surface area contributed by atoms with Gasteiger partial charge < -0.3 is 5.32 Å². The molecule has 1 N–H and O–H groups in total. The van der Waals surface area contributed by atoms with Crippen molar-refractivity contribution in [3.63, 3.8) is 0 Å². The molecule has 1 nitrogen and oxygen atoms in total. The topological polar surface area (TPSA) is 12.0 Å². The molecule has 1 unspecified atom stereocenters. The third-order valence-electron chi connectivity index (χ3n) is 4.16. The zero-order chi connectivity index (χ0) is 14.2. The van der Waals surface area contributed by atoms with E-state index in [9.17, 15) is 0 Å². The molecule has 1 fully saturated rings. The van der Waals surface area contributed by atoms with Gasteiger partial charge in [0.1, 0.15) is 0 Å². The normalized spacial score (nSPS) is 18.7. The van der Waals surface area contributed by atoms with Crippen LogP contribution in [-0.2, 0) is 0 Å². The third-order valence-corrected chi connectivity index (χ3v) is 5.51. The zero-order valence-corrected chi connectivity index (χ0v) is 14.0. The molecule has 0 amide bonds. The van der Waals surface area contributed by atoms with Crippen LogP contribution in [0.1, 0.15) is 45.4 Å². The lowest BCUT2D eigenvalue weighted by molar-refractivity contribution is 0.347. The Balaban J connectivity index is 1.90. The lowest BCUT2D eigenvalue weighted by atomic mass is 9.93. The van der Waals surface area contributed by atoms with E-state index < -0.39 is 0 Å². The molecule has 1 aliphatic rings. The maximum Gasteiger partial charge on any atom is 0.0417 e. The number of rotatable bonds is 6. The first-order valence-electron chi connectivity index (χ1n) is 7.91. The highest BCUT2D eigenvalue weighted by Gasteiger charge is 2.22. The third kappa shape index (κ3) is 5.31. The summed E-state index contributed by atoms with van der Waals surface area (Å²) in [5, 5.41) is 4.55. The molecule has 0 aromatic heterocycles. The summed E-state index contributed by atoms with van der Waals surface area (Å²) in [5.74, 6) is 2.00. The van der Waals surface area contributed by atoms with Gasteiger partial charge in [-0.2, -0.15) is 0 Å². The first kappa shape index (κ1) is 16.2. The van der Waals surface area contributed by atoms with Crippen LogP contribution in [0.5, 0.6) is 0 Å². The minimum Gasteiger partial charge on any atom is -0.313 e. The van der Waals surface area contributed by atoms with Crippen LogP contribution in [-0.4, -0.2) is 18.3 Å². The lowest BCUT2D eigenvalue weighted by Crippen LogP contribution is -2.38. The van der Waals surface area contributed by atoms with Gasteiger partial charge in [0, 0.05) is 21.7 Å². The van der Waals surface area contributed by atoms with Crippen LogP contribution in [0.4, 0.5) is 0 Å². The first-order valence-corrected chi connectivity index (χ1v) is 9.27. The van der Waals surface area contributed by atoms with Gasteiger partial charge >= 0.3 is 0 Å². The highest BCUT2D eigenvalue weighted by Crippen LogP contribution is 2.29. The molecule has 20 heavy (non-hydrogen) atoms. The van der Waals surface area contributed by atoms with E-state index in [1.54, 1.807) is 0 Å². The fourth-order valence-corrected chi connectivity index (χ4v) is 4.48. The van der Waals surface area contributed by atoms with Crippen molar-refractivity contribution >= 4 is 23.4 Å². The Morgan fingerprint density at radius 1 is 1.25 bits per heavy atom. The molecule has 1 aliphatic carbocycles. The van der Waals surface area contributed by atoms with E-state index in [2.05, 4.69) is 24.4 Å². The van der Waals surface area contributed by atoms with E-state index in [0.29, 0.717) is 6.04 Å². The standard InChI is InChI=1S/C17H26ClNS/c1-2-19-17(14-8-5-3-4-6-9-14)13-20-16-11-7-10-15(18)12-16/h7,10-12,14,17,19H,2-6,8-9,13H2,1H3. The Labute approximate surface area is 132 Å². The monoisotopic (exact) mass is 311 g/mol. The van der Waals surface area contributed by atoms with Crippen molar-refractivity contribution < 1.29 is 0 Å². The van der Waals surface area contributed by atoms with Gasteiger partial charge in [-0.1, -0.05) is 50.3 Å². The largest absolute Gasteiger partial charge is 0.313 e. The van der Waals surface area contributed by atoms with E-state index in [-0.39, 0.29) is 0 Å². The van der Waals surface area contributed by atoms with Crippen LogP contribution in [0.15, 0.2) is 29.2 Å². The minimum atomic E-state index is 0.641. The molecule has 1 aromatic carbocycles. The summed E-state index contributed by atoms with van der Waals surface area (Å²) >= 11 is 8.00. The molecule has 2 rings (SSSR count). The summed E-state index contributed by atoms with van der Waals surface area (Å²) in [6.45, 7) is 3.28. The van der Waals surface area contributed by atoms with Gasteiger partial charge in [-0.25, -0.2) is 0 Å². The van der Waals surface area contributed by atoms with Crippen molar-refractivity contribution in [2.24, 2.45) is 5.92 Å². The van der Waals surface area contributed by atoms with E-state index in [1.165, 1.54) is 43.4 Å². The zero-order valence-electron chi connectivity index (χ0n) is 12.4. The van der Waals surface area contributed by atoms with Crippen LogP contribution < -0.4 is 5.32 Å². The summed E-state index contributed by atoms with van der Waals surface area (Å²) in [4.78, 5) is 1.29. The summed E-state index contributed by atoms with van der Waals surface area (Å²) in [6, 6.07) is 8.86. The van der Waals surface area contributed by atoms with Crippen molar-refractivity contribution in [1.82, 2.24) is 5.32 Å². The van der Waals surface area contributed by atoms with Crippen molar-refractivity contribution in [2.75, 3.05) is 12.3 Å². The average molecular weight is 312 g/mol. The summed E-state index contributed by atoms with van der Waals surface area (Å²) < 4.78 is 0. The average Bonchev–Trinajstić information content (AvgIpc) is 2.72. The summed E-state index contributed by atoms with van der Waals surface area (Å²) in [5.41, 5.74) is 0. The molecule has 0 bridgehead atoms. The molecule has 1 aromatic rings. The molecule has 0 heterocycles. The molecule has 112 valence electrons. The van der Waals surface area contributed by atoms with E-state index in [4.69, 9.17) is 11.6 Å². The summed E-state index contributed by atoms with van der Waals surface area (Å²) in [7, 11) is 0. The maximum atomic E-state index is 6.06. The van der Waals surface area contributed by atoms with Crippen molar-refractivity contribution in [3.8, 4) is 0 Å². The van der Waals surface area contributed by atoms with Gasteiger partial charge in [-0.05, 0) is 43.5 Å². The Morgan fingerprint density at radius 3 is 2.65 bits per heavy atom. The predicted molar refractivity (Wildman–Crippen MR) is 90.8 cm³/mol. The number of benzene rings is 1. The minimum absolute atomic E-state index is 0.641. The number of halogens is 1. The van der Waals surface area contributed by atoms with Gasteiger partial charge in [-0.15, -0.1) is 11.8 Å². The van der Waals surface area contributed by atoms with Crippen LogP contribution in [0.2, 0.25) is 5.02 Å². The highest BCUT2D eigenvalue weighted by molar-refractivity contribution is 7.99. The smallest absolute Gasteiger partial charge is 0.0417 e. The second-order valence-corrected chi connectivity index (χ2v) is 7.21. The fraction of sp³-hybridized carbons (Fsp3) is 0.647. The van der Waals surface area contributed by atoms with E-state index >= 15 is 0 Å². The highest BCUT2D eigenvalue weighted by atomic mass is 35.5. The number of thioether (sulfide) groups is 1. The Bertz CT molecular complexity index is 388. The molecule has 1 saturated carbocycles. The first-order chi connectivity index (χ1) is 9.79.